The molecule has 1 aliphatic heterocycles. The molecule has 2 aromatic carbocycles. The number of hydrogen-bond acceptors (Lipinski definition) is 3. The van der Waals surface area contributed by atoms with Gasteiger partial charge in [0.2, 0.25) is 0 Å². The highest BCUT2D eigenvalue weighted by molar-refractivity contribution is 5.29. The Hall–Kier alpha value is -1.84. The molecule has 2 aromatic rings. The molecule has 0 atom stereocenters. The van der Waals surface area contributed by atoms with Gasteiger partial charge in [-0.2, -0.15) is 5.06 Å². The van der Waals surface area contributed by atoms with Crippen molar-refractivity contribution in [3.8, 4) is 5.75 Å². The van der Waals surface area contributed by atoms with E-state index >= 15 is 0 Å². The highest BCUT2D eigenvalue weighted by Gasteiger charge is 2.21. The third-order valence-corrected chi connectivity index (χ3v) is 4.30. The maximum atomic E-state index is 5.90. The van der Waals surface area contributed by atoms with Crippen molar-refractivity contribution in [3.63, 3.8) is 0 Å². The van der Waals surface area contributed by atoms with Gasteiger partial charge in [-0.3, -0.25) is 4.84 Å². The Balaban J connectivity index is 1.47. The topological polar surface area (TPSA) is 21.7 Å². The summed E-state index contributed by atoms with van der Waals surface area (Å²) in [7, 11) is 1.71. The summed E-state index contributed by atoms with van der Waals surface area (Å²) < 4.78 is 5.22. The van der Waals surface area contributed by atoms with Gasteiger partial charge in [0.25, 0.3) is 0 Å². The molecule has 0 N–H and O–H groups in total. The van der Waals surface area contributed by atoms with Gasteiger partial charge in [0.05, 0.1) is 13.7 Å². The number of rotatable bonds is 5. The normalized spacial score (nSPS) is 16.6. The summed E-state index contributed by atoms with van der Waals surface area (Å²) in [6.45, 7) is 2.64. The van der Waals surface area contributed by atoms with Crippen molar-refractivity contribution in [2.75, 3.05) is 20.2 Å². The van der Waals surface area contributed by atoms with Crippen LogP contribution in [0.4, 0.5) is 0 Å². The Morgan fingerprint density at radius 1 is 0.955 bits per heavy atom. The molecular formula is C19H23NO2. The van der Waals surface area contributed by atoms with Crippen molar-refractivity contribution >= 4 is 0 Å². The van der Waals surface area contributed by atoms with E-state index in [0.29, 0.717) is 12.5 Å². The van der Waals surface area contributed by atoms with Crippen LogP contribution >= 0.6 is 0 Å². The first-order valence-electron chi connectivity index (χ1n) is 7.91. The van der Waals surface area contributed by atoms with Crippen LogP contribution in [0.1, 0.15) is 29.9 Å². The molecule has 0 aromatic heterocycles. The quantitative estimate of drug-likeness (QED) is 0.832. The molecule has 1 aliphatic rings. The van der Waals surface area contributed by atoms with E-state index in [9.17, 15) is 0 Å². The Bertz CT molecular complexity index is 560. The van der Waals surface area contributed by atoms with Gasteiger partial charge in [-0.25, -0.2) is 0 Å². The Morgan fingerprint density at radius 3 is 2.27 bits per heavy atom. The summed E-state index contributed by atoms with van der Waals surface area (Å²) in [6.07, 6.45) is 2.28. The van der Waals surface area contributed by atoms with E-state index in [1.165, 1.54) is 11.1 Å². The zero-order valence-electron chi connectivity index (χ0n) is 13.1. The fourth-order valence-corrected chi connectivity index (χ4v) is 2.93. The molecule has 0 aliphatic carbocycles. The number of hydroxylamine groups is 2. The molecule has 0 unspecified atom stereocenters. The first kappa shape index (κ1) is 15.1. The summed E-state index contributed by atoms with van der Waals surface area (Å²) >= 11 is 0. The van der Waals surface area contributed by atoms with Crippen molar-refractivity contribution in [2.45, 2.75) is 25.4 Å². The molecule has 0 radical (unpaired) electrons. The molecule has 0 saturated carbocycles. The zero-order chi connectivity index (χ0) is 15.2. The lowest BCUT2D eigenvalue weighted by atomic mass is 9.90. The number of benzene rings is 2. The average molecular weight is 297 g/mol. The molecule has 1 fully saturated rings. The van der Waals surface area contributed by atoms with Gasteiger partial charge in [-0.1, -0.05) is 42.5 Å². The predicted octanol–water partition coefficient (Wildman–Crippen LogP) is 4.01. The standard InChI is InChI=1S/C19H23NO2/c1-21-19-9-7-17(8-10-19)18-11-13-20(14-12-18)22-15-16-5-3-2-4-6-16/h2-10,18H,11-15H2,1H3. The number of methoxy groups -OCH3 is 1. The molecule has 3 nitrogen and oxygen atoms in total. The first-order chi connectivity index (χ1) is 10.8. The smallest absolute Gasteiger partial charge is 0.118 e. The fourth-order valence-electron chi connectivity index (χ4n) is 2.93. The Kier molecular flexibility index (Phi) is 5.09. The van der Waals surface area contributed by atoms with Gasteiger partial charge in [0.1, 0.15) is 5.75 Å². The number of hydrogen-bond donors (Lipinski definition) is 0. The molecule has 116 valence electrons. The second kappa shape index (κ2) is 7.43. The van der Waals surface area contributed by atoms with Crippen molar-refractivity contribution in [3.05, 3.63) is 65.7 Å². The fraction of sp³-hybridized carbons (Fsp3) is 0.368. The highest BCUT2D eigenvalue weighted by atomic mass is 16.7. The van der Waals surface area contributed by atoms with Gasteiger partial charge in [0.15, 0.2) is 0 Å². The van der Waals surface area contributed by atoms with Crippen LogP contribution in [0.5, 0.6) is 5.75 Å². The molecule has 0 bridgehead atoms. The molecule has 0 spiro atoms. The Labute approximate surface area is 132 Å². The van der Waals surface area contributed by atoms with Crippen molar-refractivity contribution < 1.29 is 9.57 Å². The predicted molar refractivity (Wildman–Crippen MR) is 87.8 cm³/mol. The molecule has 1 saturated heterocycles. The van der Waals surface area contributed by atoms with E-state index in [-0.39, 0.29) is 0 Å². The number of piperidine rings is 1. The van der Waals surface area contributed by atoms with Crippen molar-refractivity contribution in [2.24, 2.45) is 0 Å². The van der Waals surface area contributed by atoms with Gasteiger partial charge in [0, 0.05) is 13.1 Å². The summed E-state index contributed by atoms with van der Waals surface area (Å²) in [5, 5.41) is 2.10. The van der Waals surface area contributed by atoms with Crippen LogP contribution in [-0.4, -0.2) is 25.3 Å². The van der Waals surface area contributed by atoms with Crippen LogP contribution < -0.4 is 4.74 Å². The lowest BCUT2D eigenvalue weighted by Gasteiger charge is -2.31. The number of nitrogens with zero attached hydrogens (tertiary/aromatic N) is 1. The summed E-state index contributed by atoms with van der Waals surface area (Å²) in [6, 6.07) is 18.8. The molecule has 3 heteroatoms. The SMILES string of the molecule is COc1ccc(C2CCN(OCc3ccccc3)CC2)cc1. The minimum Gasteiger partial charge on any atom is -0.497 e. The van der Waals surface area contributed by atoms with E-state index in [1.54, 1.807) is 7.11 Å². The Morgan fingerprint density at radius 2 is 1.64 bits per heavy atom. The van der Waals surface area contributed by atoms with Gasteiger partial charge in [-0.05, 0) is 42.0 Å². The largest absolute Gasteiger partial charge is 0.497 e. The first-order valence-corrected chi connectivity index (χ1v) is 7.91. The summed E-state index contributed by atoms with van der Waals surface area (Å²) in [4.78, 5) is 5.90. The zero-order valence-corrected chi connectivity index (χ0v) is 13.1. The third-order valence-electron chi connectivity index (χ3n) is 4.30. The second-order valence-electron chi connectivity index (χ2n) is 5.74. The lowest BCUT2D eigenvalue weighted by Crippen LogP contribution is -2.32. The minimum absolute atomic E-state index is 0.627. The molecule has 0 amide bonds. The molecule has 3 rings (SSSR count). The van der Waals surface area contributed by atoms with E-state index in [0.717, 1.165) is 31.7 Å². The lowest BCUT2D eigenvalue weighted by molar-refractivity contribution is -0.180. The highest BCUT2D eigenvalue weighted by Crippen LogP contribution is 2.29. The van der Waals surface area contributed by atoms with E-state index < -0.39 is 0 Å². The van der Waals surface area contributed by atoms with Gasteiger partial charge in [-0.15, -0.1) is 0 Å². The van der Waals surface area contributed by atoms with Crippen LogP contribution in [-0.2, 0) is 11.4 Å². The van der Waals surface area contributed by atoms with Crippen LogP contribution in [0.25, 0.3) is 0 Å². The van der Waals surface area contributed by atoms with Crippen LogP contribution in [0.2, 0.25) is 0 Å². The average Bonchev–Trinajstić information content (AvgIpc) is 2.61. The second-order valence-corrected chi connectivity index (χ2v) is 5.74. The molecule has 22 heavy (non-hydrogen) atoms. The van der Waals surface area contributed by atoms with Crippen molar-refractivity contribution in [1.29, 1.82) is 0 Å². The maximum absolute atomic E-state index is 5.90. The monoisotopic (exact) mass is 297 g/mol. The van der Waals surface area contributed by atoms with Crippen LogP contribution in [0, 0.1) is 0 Å². The van der Waals surface area contributed by atoms with Crippen LogP contribution in [0.3, 0.4) is 0 Å². The maximum Gasteiger partial charge on any atom is 0.118 e. The molecular weight excluding hydrogens is 274 g/mol. The summed E-state index contributed by atoms with van der Waals surface area (Å²) in [5.41, 5.74) is 2.63. The van der Waals surface area contributed by atoms with Gasteiger partial charge < -0.3 is 4.74 Å². The van der Waals surface area contributed by atoms with Crippen LogP contribution in [0.15, 0.2) is 54.6 Å². The van der Waals surface area contributed by atoms with Gasteiger partial charge >= 0.3 is 0 Å². The van der Waals surface area contributed by atoms with Crippen molar-refractivity contribution in [1.82, 2.24) is 5.06 Å². The van der Waals surface area contributed by atoms with E-state index in [4.69, 9.17) is 9.57 Å². The molecule has 1 heterocycles. The minimum atomic E-state index is 0.627. The number of ether oxygens (including phenoxy) is 1. The summed E-state index contributed by atoms with van der Waals surface area (Å²) in [5.74, 6) is 1.55. The van der Waals surface area contributed by atoms with E-state index in [1.807, 2.05) is 18.2 Å². The van der Waals surface area contributed by atoms with E-state index in [2.05, 4.69) is 41.5 Å². The third kappa shape index (κ3) is 3.87.